The fourth-order valence-corrected chi connectivity index (χ4v) is 2.59. The second kappa shape index (κ2) is 4.58. The zero-order chi connectivity index (χ0) is 12.5. The van der Waals surface area contributed by atoms with Crippen LogP contribution in [0, 0.1) is 0 Å². The standard InChI is InChI=1S/C14H14ClN3/c1-16-14-11-6-3-7-12(11)17-13(18-14)9-4-2-5-10(15)8-9/h2,4-5,8H,3,6-7H2,1H3,(H,16,17,18). The first-order valence-electron chi connectivity index (χ1n) is 6.11. The van der Waals surface area contributed by atoms with Gasteiger partial charge in [0.15, 0.2) is 5.82 Å². The third-order valence-corrected chi connectivity index (χ3v) is 3.49. The normalized spacial score (nSPS) is 13.4. The zero-order valence-electron chi connectivity index (χ0n) is 10.2. The molecule has 1 aliphatic carbocycles. The molecule has 0 atom stereocenters. The first kappa shape index (κ1) is 11.5. The van der Waals surface area contributed by atoms with E-state index in [4.69, 9.17) is 11.6 Å². The highest BCUT2D eigenvalue weighted by Crippen LogP contribution is 2.29. The van der Waals surface area contributed by atoms with E-state index >= 15 is 0 Å². The fraction of sp³-hybridized carbons (Fsp3) is 0.286. The van der Waals surface area contributed by atoms with Gasteiger partial charge in [-0.3, -0.25) is 0 Å². The van der Waals surface area contributed by atoms with Crippen LogP contribution in [0.25, 0.3) is 11.4 Å². The Labute approximate surface area is 111 Å². The molecule has 0 saturated heterocycles. The number of fused-ring (bicyclic) bond motifs is 1. The molecule has 1 N–H and O–H groups in total. The monoisotopic (exact) mass is 259 g/mol. The van der Waals surface area contributed by atoms with Gasteiger partial charge in [0.2, 0.25) is 0 Å². The molecule has 1 heterocycles. The van der Waals surface area contributed by atoms with E-state index in [1.807, 2.05) is 31.3 Å². The number of rotatable bonds is 2. The maximum atomic E-state index is 6.01. The van der Waals surface area contributed by atoms with E-state index in [0.717, 1.165) is 36.5 Å². The van der Waals surface area contributed by atoms with E-state index in [-0.39, 0.29) is 0 Å². The van der Waals surface area contributed by atoms with Crippen LogP contribution in [-0.2, 0) is 12.8 Å². The van der Waals surface area contributed by atoms with Crippen molar-refractivity contribution in [3.63, 3.8) is 0 Å². The topological polar surface area (TPSA) is 37.8 Å². The van der Waals surface area contributed by atoms with Crippen LogP contribution in [-0.4, -0.2) is 17.0 Å². The lowest BCUT2D eigenvalue weighted by molar-refractivity contribution is 0.900. The molecule has 92 valence electrons. The van der Waals surface area contributed by atoms with Gasteiger partial charge in [0.1, 0.15) is 5.82 Å². The minimum absolute atomic E-state index is 0.711. The van der Waals surface area contributed by atoms with Gasteiger partial charge in [-0.05, 0) is 31.4 Å². The third-order valence-electron chi connectivity index (χ3n) is 3.25. The molecule has 3 nitrogen and oxygen atoms in total. The molecule has 0 bridgehead atoms. The van der Waals surface area contributed by atoms with Crippen LogP contribution in [0.3, 0.4) is 0 Å². The molecule has 18 heavy (non-hydrogen) atoms. The Kier molecular flexibility index (Phi) is 2.92. The second-order valence-electron chi connectivity index (χ2n) is 4.43. The van der Waals surface area contributed by atoms with Gasteiger partial charge in [-0.2, -0.15) is 0 Å². The average molecular weight is 260 g/mol. The van der Waals surface area contributed by atoms with Gasteiger partial charge in [0.25, 0.3) is 0 Å². The number of anilines is 1. The number of halogens is 1. The lowest BCUT2D eigenvalue weighted by atomic mass is 10.2. The van der Waals surface area contributed by atoms with E-state index in [0.29, 0.717) is 5.02 Å². The number of aryl methyl sites for hydroxylation is 1. The predicted octanol–water partition coefficient (Wildman–Crippen LogP) is 3.33. The number of aromatic nitrogens is 2. The summed E-state index contributed by atoms with van der Waals surface area (Å²) in [6.45, 7) is 0. The smallest absolute Gasteiger partial charge is 0.161 e. The van der Waals surface area contributed by atoms with E-state index in [2.05, 4.69) is 15.3 Å². The minimum atomic E-state index is 0.711. The van der Waals surface area contributed by atoms with Crippen LogP contribution in [0.2, 0.25) is 5.02 Å². The summed E-state index contributed by atoms with van der Waals surface area (Å²) in [7, 11) is 1.91. The van der Waals surface area contributed by atoms with Crippen LogP contribution >= 0.6 is 11.6 Å². The fourth-order valence-electron chi connectivity index (χ4n) is 2.40. The Balaban J connectivity index is 2.13. The first-order chi connectivity index (χ1) is 8.78. The highest BCUT2D eigenvalue weighted by atomic mass is 35.5. The highest BCUT2D eigenvalue weighted by Gasteiger charge is 2.19. The molecule has 0 fully saturated rings. The summed E-state index contributed by atoms with van der Waals surface area (Å²) < 4.78 is 0. The summed E-state index contributed by atoms with van der Waals surface area (Å²) >= 11 is 6.01. The highest BCUT2D eigenvalue weighted by molar-refractivity contribution is 6.30. The van der Waals surface area contributed by atoms with Crippen LogP contribution in [0.5, 0.6) is 0 Å². The van der Waals surface area contributed by atoms with Gasteiger partial charge < -0.3 is 5.32 Å². The van der Waals surface area contributed by atoms with Crippen LogP contribution in [0.1, 0.15) is 17.7 Å². The quantitative estimate of drug-likeness (QED) is 0.899. The molecule has 1 aromatic carbocycles. The summed E-state index contributed by atoms with van der Waals surface area (Å²) in [5, 5.41) is 3.88. The summed E-state index contributed by atoms with van der Waals surface area (Å²) in [6.07, 6.45) is 3.28. The Morgan fingerprint density at radius 2 is 2.11 bits per heavy atom. The van der Waals surface area contributed by atoms with E-state index in [1.165, 1.54) is 11.3 Å². The first-order valence-corrected chi connectivity index (χ1v) is 6.49. The lowest BCUT2D eigenvalue weighted by Crippen LogP contribution is -2.03. The van der Waals surface area contributed by atoms with Crippen molar-refractivity contribution in [1.82, 2.24) is 9.97 Å². The van der Waals surface area contributed by atoms with Gasteiger partial charge in [0.05, 0.1) is 0 Å². The van der Waals surface area contributed by atoms with Gasteiger partial charge in [-0.1, -0.05) is 23.7 Å². The summed E-state index contributed by atoms with van der Waals surface area (Å²) in [4.78, 5) is 9.26. The van der Waals surface area contributed by atoms with E-state index in [9.17, 15) is 0 Å². The van der Waals surface area contributed by atoms with Crippen molar-refractivity contribution < 1.29 is 0 Å². The van der Waals surface area contributed by atoms with Gasteiger partial charge >= 0.3 is 0 Å². The van der Waals surface area contributed by atoms with E-state index < -0.39 is 0 Å². The summed E-state index contributed by atoms with van der Waals surface area (Å²) in [5.74, 6) is 1.70. The van der Waals surface area contributed by atoms with Crippen LogP contribution in [0.15, 0.2) is 24.3 Å². The van der Waals surface area contributed by atoms with Gasteiger partial charge in [-0.15, -0.1) is 0 Å². The molecular formula is C14H14ClN3. The molecule has 0 unspecified atom stereocenters. The molecule has 0 radical (unpaired) electrons. The Morgan fingerprint density at radius 1 is 1.22 bits per heavy atom. The van der Waals surface area contributed by atoms with Crippen LogP contribution in [0.4, 0.5) is 5.82 Å². The molecule has 4 heteroatoms. The van der Waals surface area contributed by atoms with Crippen LogP contribution < -0.4 is 5.32 Å². The number of nitrogens with zero attached hydrogens (tertiary/aromatic N) is 2. The largest absolute Gasteiger partial charge is 0.373 e. The van der Waals surface area contributed by atoms with Gasteiger partial charge in [0, 0.05) is 28.9 Å². The number of nitrogens with one attached hydrogen (secondary N) is 1. The second-order valence-corrected chi connectivity index (χ2v) is 4.87. The Bertz CT molecular complexity index is 596. The van der Waals surface area contributed by atoms with Crippen molar-refractivity contribution >= 4 is 17.4 Å². The molecule has 2 aromatic rings. The number of benzene rings is 1. The van der Waals surface area contributed by atoms with Crippen molar-refractivity contribution in [1.29, 1.82) is 0 Å². The third kappa shape index (κ3) is 1.95. The maximum Gasteiger partial charge on any atom is 0.161 e. The number of hydrogen-bond donors (Lipinski definition) is 1. The molecular weight excluding hydrogens is 246 g/mol. The Morgan fingerprint density at radius 3 is 2.89 bits per heavy atom. The predicted molar refractivity (Wildman–Crippen MR) is 74.0 cm³/mol. The van der Waals surface area contributed by atoms with Crippen molar-refractivity contribution in [3.8, 4) is 11.4 Å². The lowest BCUT2D eigenvalue weighted by Gasteiger charge is -2.09. The number of hydrogen-bond acceptors (Lipinski definition) is 3. The van der Waals surface area contributed by atoms with E-state index in [1.54, 1.807) is 0 Å². The molecule has 1 aliphatic rings. The molecule has 0 spiro atoms. The summed E-state index contributed by atoms with van der Waals surface area (Å²) in [6, 6.07) is 7.67. The summed E-state index contributed by atoms with van der Waals surface area (Å²) in [5.41, 5.74) is 3.40. The minimum Gasteiger partial charge on any atom is -0.373 e. The molecule has 1 aromatic heterocycles. The molecule has 0 amide bonds. The maximum absolute atomic E-state index is 6.01. The van der Waals surface area contributed by atoms with Crippen molar-refractivity contribution in [3.05, 3.63) is 40.5 Å². The Hall–Kier alpha value is -1.61. The molecule has 0 saturated carbocycles. The molecule has 3 rings (SSSR count). The zero-order valence-corrected chi connectivity index (χ0v) is 11.0. The van der Waals surface area contributed by atoms with Crippen molar-refractivity contribution in [2.75, 3.05) is 12.4 Å². The van der Waals surface area contributed by atoms with Gasteiger partial charge in [-0.25, -0.2) is 9.97 Å². The molecule has 0 aliphatic heterocycles. The van der Waals surface area contributed by atoms with Crippen molar-refractivity contribution in [2.45, 2.75) is 19.3 Å². The SMILES string of the molecule is CNc1nc(-c2cccc(Cl)c2)nc2c1CCC2. The van der Waals surface area contributed by atoms with Crippen molar-refractivity contribution in [2.24, 2.45) is 0 Å². The average Bonchev–Trinajstić information content (AvgIpc) is 2.85.